The summed E-state index contributed by atoms with van der Waals surface area (Å²) in [6, 6.07) is 4.29. The molecule has 0 bridgehead atoms. The van der Waals surface area contributed by atoms with Gasteiger partial charge in [-0.05, 0) is 31.0 Å². The molecule has 2 N–H and O–H groups in total. The molecule has 2 atom stereocenters. The molecule has 4 heteroatoms. The van der Waals surface area contributed by atoms with Crippen LogP contribution in [0.5, 0.6) is 5.75 Å². The highest BCUT2D eigenvalue weighted by Crippen LogP contribution is 2.22. The Bertz CT molecular complexity index is 339. The van der Waals surface area contributed by atoms with E-state index in [0.29, 0.717) is 12.0 Å². The minimum atomic E-state index is -0.704. The zero-order valence-corrected chi connectivity index (χ0v) is 9.48. The molecule has 1 unspecified atom stereocenters. The number of rotatable bonds is 5. The number of hydrogen-bond donors (Lipinski definition) is 2. The third kappa shape index (κ3) is 3.47. The van der Waals surface area contributed by atoms with Gasteiger partial charge in [0.1, 0.15) is 6.61 Å². The van der Waals surface area contributed by atoms with Gasteiger partial charge in [-0.2, -0.15) is 0 Å². The average Bonchev–Trinajstić information content (AvgIpc) is 2.26. The highest BCUT2D eigenvalue weighted by Gasteiger charge is 2.09. The van der Waals surface area contributed by atoms with Crippen molar-refractivity contribution in [3.8, 4) is 5.75 Å². The van der Waals surface area contributed by atoms with Gasteiger partial charge in [0.15, 0.2) is 11.6 Å². The fourth-order valence-corrected chi connectivity index (χ4v) is 1.20. The van der Waals surface area contributed by atoms with Gasteiger partial charge >= 0.3 is 0 Å². The van der Waals surface area contributed by atoms with E-state index in [-0.39, 0.29) is 12.4 Å². The van der Waals surface area contributed by atoms with E-state index in [1.54, 1.807) is 13.0 Å². The van der Waals surface area contributed by atoms with Crippen molar-refractivity contribution in [3.63, 3.8) is 0 Å². The first-order chi connectivity index (χ1) is 7.54. The topological polar surface area (TPSA) is 49.7 Å². The summed E-state index contributed by atoms with van der Waals surface area (Å²) in [5, 5.41) is 18.5. The summed E-state index contributed by atoms with van der Waals surface area (Å²) in [7, 11) is 0. The molecule has 0 saturated heterocycles. The Morgan fingerprint density at radius 2 is 2.06 bits per heavy atom. The summed E-state index contributed by atoms with van der Waals surface area (Å²) < 4.78 is 18.6. The lowest BCUT2D eigenvalue weighted by Crippen LogP contribution is -2.16. The number of aliphatic hydroxyl groups is 2. The molecule has 0 heterocycles. The number of hydrogen-bond acceptors (Lipinski definition) is 3. The summed E-state index contributed by atoms with van der Waals surface area (Å²) in [5.41, 5.74) is 0.501. The Hall–Kier alpha value is -1.13. The first-order valence-electron chi connectivity index (χ1n) is 5.33. The molecule has 1 rings (SSSR count). The molecule has 0 saturated carbocycles. The zero-order chi connectivity index (χ0) is 12.1. The smallest absolute Gasteiger partial charge is 0.165 e. The van der Waals surface area contributed by atoms with Gasteiger partial charge in [0.2, 0.25) is 0 Å². The summed E-state index contributed by atoms with van der Waals surface area (Å²) in [6.07, 6.45) is -0.728. The third-order valence-electron chi connectivity index (χ3n) is 2.34. The van der Waals surface area contributed by atoms with E-state index < -0.39 is 18.0 Å². The lowest BCUT2D eigenvalue weighted by molar-refractivity contribution is 0.102. The molecule has 0 aliphatic rings. The molecule has 3 nitrogen and oxygen atoms in total. The van der Waals surface area contributed by atoms with Gasteiger partial charge in [-0.3, -0.25) is 0 Å². The number of aliphatic hydroxyl groups excluding tert-OH is 2. The lowest BCUT2D eigenvalue weighted by atomic mass is 10.1. The largest absolute Gasteiger partial charge is 0.488 e. The van der Waals surface area contributed by atoms with Crippen LogP contribution in [0.15, 0.2) is 18.2 Å². The van der Waals surface area contributed by atoms with Crippen molar-refractivity contribution in [2.24, 2.45) is 0 Å². The maximum atomic E-state index is 13.4. The van der Waals surface area contributed by atoms with Crippen LogP contribution in [0.2, 0.25) is 0 Å². The zero-order valence-electron chi connectivity index (χ0n) is 9.48. The highest BCUT2D eigenvalue weighted by molar-refractivity contribution is 5.30. The van der Waals surface area contributed by atoms with Gasteiger partial charge in [-0.1, -0.05) is 13.0 Å². The Labute approximate surface area is 94.5 Å². The molecule has 0 aliphatic heterocycles. The normalized spacial score (nSPS) is 14.6. The minimum absolute atomic E-state index is 0.0709. The molecule has 0 radical (unpaired) electrons. The lowest BCUT2D eigenvalue weighted by Gasteiger charge is -2.12. The van der Waals surface area contributed by atoms with E-state index >= 15 is 0 Å². The second-order valence-electron chi connectivity index (χ2n) is 3.74. The predicted octanol–water partition coefficient (Wildman–Crippen LogP) is 2.03. The Morgan fingerprint density at radius 1 is 1.38 bits per heavy atom. The van der Waals surface area contributed by atoms with Crippen LogP contribution in [0.3, 0.4) is 0 Å². The summed E-state index contributed by atoms with van der Waals surface area (Å²) >= 11 is 0. The SMILES string of the molecule is CCC(O)COc1ccc([C@H](C)O)cc1F. The van der Waals surface area contributed by atoms with Crippen LogP contribution in [0.4, 0.5) is 4.39 Å². The molecule has 0 aliphatic carbocycles. The standard InChI is InChI=1S/C12H17FO3/c1-3-10(15)7-16-12-5-4-9(8(2)14)6-11(12)13/h4-6,8,10,14-15H,3,7H2,1-2H3/t8-,10?/m0/s1. The quantitative estimate of drug-likeness (QED) is 0.810. The van der Waals surface area contributed by atoms with Crippen LogP contribution in [0.25, 0.3) is 0 Å². The molecule has 0 aromatic heterocycles. The average molecular weight is 228 g/mol. The van der Waals surface area contributed by atoms with Gasteiger partial charge in [0.05, 0.1) is 12.2 Å². The van der Waals surface area contributed by atoms with Gasteiger partial charge < -0.3 is 14.9 Å². The van der Waals surface area contributed by atoms with E-state index in [0.717, 1.165) is 0 Å². The molecule has 1 aromatic rings. The number of ether oxygens (including phenoxy) is 1. The van der Waals surface area contributed by atoms with Crippen molar-refractivity contribution >= 4 is 0 Å². The molecule has 1 aromatic carbocycles. The van der Waals surface area contributed by atoms with Crippen LogP contribution >= 0.6 is 0 Å². The fourth-order valence-electron chi connectivity index (χ4n) is 1.20. The predicted molar refractivity (Wildman–Crippen MR) is 58.8 cm³/mol. The van der Waals surface area contributed by atoms with Gasteiger partial charge in [-0.15, -0.1) is 0 Å². The molecule has 16 heavy (non-hydrogen) atoms. The number of benzene rings is 1. The monoisotopic (exact) mass is 228 g/mol. The Kier molecular flexibility index (Phi) is 4.71. The molecule has 0 fully saturated rings. The van der Waals surface area contributed by atoms with Crippen LogP contribution in [0, 0.1) is 5.82 Å². The van der Waals surface area contributed by atoms with Crippen molar-refractivity contribution in [2.45, 2.75) is 32.5 Å². The minimum Gasteiger partial charge on any atom is -0.488 e. The van der Waals surface area contributed by atoms with E-state index in [1.165, 1.54) is 12.1 Å². The van der Waals surface area contributed by atoms with Crippen molar-refractivity contribution in [3.05, 3.63) is 29.6 Å². The van der Waals surface area contributed by atoms with Gasteiger partial charge in [0, 0.05) is 0 Å². The van der Waals surface area contributed by atoms with E-state index in [4.69, 9.17) is 4.74 Å². The van der Waals surface area contributed by atoms with Crippen LogP contribution < -0.4 is 4.74 Å². The molecular weight excluding hydrogens is 211 g/mol. The first-order valence-corrected chi connectivity index (χ1v) is 5.33. The van der Waals surface area contributed by atoms with Crippen LogP contribution in [-0.4, -0.2) is 22.9 Å². The molecule has 90 valence electrons. The number of halogens is 1. The maximum absolute atomic E-state index is 13.4. The summed E-state index contributed by atoms with van der Waals surface area (Å²) in [5.74, 6) is -0.432. The maximum Gasteiger partial charge on any atom is 0.165 e. The highest BCUT2D eigenvalue weighted by atomic mass is 19.1. The second kappa shape index (κ2) is 5.82. The van der Waals surface area contributed by atoms with Crippen molar-refractivity contribution in [1.29, 1.82) is 0 Å². The van der Waals surface area contributed by atoms with Crippen LogP contribution in [0.1, 0.15) is 31.9 Å². The van der Waals surface area contributed by atoms with Crippen molar-refractivity contribution in [2.75, 3.05) is 6.61 Å². The molecule has 0 spiro atoms. The first kappa shape index (κ1) is 12.9. The van der Waals surface area contributed by atoms with E-state index in [1.807, 2.05) is 6.92 Å². The van der Waals surface area contributed by atoms with Crippen molar-refractivity contribution < 1.29 is 19.3 Å². The second-order valence-corrected chi connectivity index (χ2v) is 3.74. The van der Waals surface area contributed by atoms with Gasteiger partial charge in [0.25, 0.3) is 0 Å². The van der Waals surface area contributed by atoms with E-state index in [2.05, 4.69) is 0 Å². The Balaban J connectivity index is 2.68. The van der Waals surface area contributed by atoms with E-state index in [9.17, 15) is 14.6 Å². The summed E-state index contributed by atoms with van der Waals surface area (Å²) in [4.78, 5) is 0. The Morgan fingerprint density at radius 3 is 2.56 bits per heavy atom. The third-order valence-corrected chi connectivity index (χ3v) is 2.34. The van der Waals surface area contributed by atoms with Crippen molar-refractivity contribution in [1.82, 2.24) is 0 Å². The van der Waals surface area contributed by atoms with Gasteiger partial charge in [-0.25, -0.2) is 4.39 Å². The molecular formula is C12H17FO3. The van der Waals surface area contributed by atoms with Crippen LogP contribution in [-0.2, 0) is 0 Å². The fraction of sp³-hybridized carbons (Fsp3) is 0.500. The molecule has 0 amide bonds. The summed E-state index contributed by atoms with van der Waals surface area (Å²) in [6.45, 7) is 3.46.